The number of aliphatic hydroxyl groups is 3. The third-order valence-corrected chi connectivity index (χ3v) is 22.5. The third kappa shape index (κ3) is 42.1. The Morgan fingerprint density at radius 1 is 0.656 bits per heavy atom. The lowest BCUT2D eigenvalue weighted by molar-refractivity contribution is -0.941. The number of quaternary nitrogens is 1. The number of nitrogens with two attached hydrogens (primary N) is 1. The van der Waals surface area contributed by atoms with Crippen LogP contribution in [0.15, 0.2) is 53.9 Å². The Bertz CT molecular complexity index is 3590. The van der Waals surface area contributed by atoms with Crippen molar-refractivity contribution in [2.24, 2.45) is 29.4 Å². The number of carboxylic acid groups (broad SMARTS) is 2. The Morgan fingerprint density at radius 3 is 1.73 bits per heavy atom. The van der Waals surface area contributed by atoms with Crippen molar-refractivity contribution in [2.45, 2.75) is 193 Å². The number of nitrogens with zero attached hydrogens (tertiary/aromatic N) is 3. The summed E-state index contributed by atoms with van der Waals surface area (Å²) in [7, 11) is 5.26. The van der Waals surface area contributed by atoms with Crippen molar-refractivity contribution in [3.8, 4) is 5.75 Å². The second kappa shape index (κ2) is 61.9. The molecule has 1 aromatic heterocycles. The van der Waals surface area contributed by atoms with E-state index in [2.05, 4.69) is 26.3 Å². The van der Waals surface area contributed by atoms with E-state index in [9.17, 15) is 59.1 Å². The summed E-state index contributed by atoms with van der Waals surface area (Å²) in [5.74, 6) is -7.65. The smallest absolute Gasteiger partial charge is 0.335 e. The number of ether oxygens (including phenoxy) is 15. The second-order valence-corrected chi connectivity index (χ2v) is 32.6. The molecule has 11 N–H and O–H groups in total. The molecule has 1 unspecified atom stereocenters. The molecule has 5 amide bonds. The van der Waals surface area contributed by atoms with Crippen LogP contribution in [0.2, 0.25) is 0 Å². The largest absolute Gasteiger partial charge is 0.481 e. The van der Waals surface area contributed by atoms with Crippen LogP contribution in [-0.2, 0) is 118 Å². The summed E-state index contributed by atoms with van der Waals surface area (Å²) in [5, 5.41) is 64.8. The highest BCUT2D eigenvalue weighted by atomic mass is 32.1. The maximum absolute atomic E-state index is 15.2. The molecular weight excluding hydrogens is 1650 g/mol. The Hall–Kier alpha value is -7.42. The summed E-state index contributed by atoms with van der Waals surface area (Å²) in [6.45, 7) is 21.6. The first-order valence-electron chi connectivity index (χ1n) is 43.6. The molecule has 38 heteroatoms. The van der Waals surface area contributed by atoms with E-state index in [4.69, 9.17) is 76.8 Å². The number of benzene rings is 2. The number of esters is 1. The van der Waals surface area contributed by atoms with E-state index in [1.165, 1.54) is 13.0 Å². The van der Waals surface area contributed by atoms with Gasteiger partial charge in [-0.15, -0.1) is 11.3 Å². The number of carboxylic acids is 2. The van der Waals surface area contributed by atoms with Crippen LogP contribution in [0.5, 0.6) is 5.75 Å². The molecule has 2 aliphatic rings. The average Bonchev–Trinajstić information content (AvgIpc) is 1.35. The normalized spacial score (nSPS) is 19.4. The fraction of sp³-hybridized carbons (Fsp3) is 0.724. The van der Waals surface area contributed by atoms with Crippen molar-refractivity contribution in [3.05, 3.63) is 75.7 Å². The number of ketones is 1. The number of carbonyl (C=O) groups is 9. The Balaban J connectivity index is 1.02. The summed E-state index contributed by atoms with van der Waals surface area (Å²) in [6.07, 6.45) is -6.55. The van der Waals surface area contributed by atoms with Crippen LogP contribution in [0, 0.1) is 23.7 Å². The first-order chi connectivity index (χ1) is 60.1. The number of anilines is 1. The van der Waals surface area contributed by atoms with E-state index >= 15 is 9.59 Å². The number of hydrogen-bond donors (Lipinski definition) is 10. The molecule has 2 saturated heterocycles. The number of piperidine rings is 1. The van der Waals surface area contributed by atoms with Gasteiger partial charge in [0.1, 0.15) is 47.3 Å². The Labute approximate surface area is 738 Å². The lowest BCUT2D eigenvalue weighted by Gasteiger charge is -2.45. The standard InChI is InChI=1S/C87H140N8O29S/c1-10-60(4)66(84(105)94(7)70(59(2)3)56-74(122-62(6)96)83-93-69(58-125-83)82(104)91-65(52-61(5)85(106)107)53-63-18-12-11-13-19-63)55-72(97)71-21-15-17-28-95(71,8)57-64-22-23-73(123-87-79(102)77(100)78(101)80(124-87)86(108)109)68(54-64)92-76(99)24-27-90-81(103)67(88)20-14-16-26-89-75(98)25-29-111-32-33-113-36-37-115-40-41-117-44-45-119-48-49-121-51-50-120-47-46-118-43-42-116-39-38-114-35-34-112-31-30-110-9/h11-13,18-19,22-23,54,58-61,65-67,70-71,74,77-80,87,100-102H,10,14-17,20-21,24-53,55-57,88H2,1-9H3,(H5-,89,90,91,92,98,99,103,104,106,107,108,109)/p+1/t60-,61-,65+,66-,67-,70+,71+,74+,77-,78-,79+,80-,87+,95?/m0/s1. The minimum absolute atomic E-state index is 0.0201. The zero-order valence-electron chi connectivity index (χ0n) is 74.4. The monoisotopic (exact) mass is 1790 g/mol. The number of Topliss-reactive ketones (excluding diaryl/α,β-unsaturated/α-hetero) is 1. The molecular formula is C87H141N8O29S+. The molecule has 0 radical (unpaired) electrons. The summed E-state index contributed by atoms with van der Waals surface area (Å²) in [4.78, 5) is 127. The van der Waals surface area contributed by atoms with Crippen molar-refractivity contribution < 1.29 is 144 Å². The number of aliphatic carboxylic acids is 2. The molecule has 3 heterocycles. The van der Waals surface area contributed by atoms with Crippen molar-refractivity contribution in [1.82, 2.24) is 25.8 Å². The van der Waals surface area contributed by atoms with Crippen LogP contribution in [-0.4, -0.2) is 341 Å². The number of aliphatic hydroxyl groups excluding tert-OH is 3. The minimum atomic E-state index is -2.02. The van der Waals surface area contributed by atoms with E-state index < -0.39 is 108 Å². The van der Waals surface area contributed by atoms with E-state index in [1.54, 1.807) is 43.5 Å². The number of rotatable bonds is 70. The van der Waals surface area contributed by atoms with Crippen LogP contribution < -0.4 is 31.7 Å². The van der Waals surface area contributed by atoms with Gasteiger partial charge in [0.2, 0.25) is 29.9 Å². The molecule has 0 spiro atoms. The first kappa shape index (κ1) is 108. The number of amides is 5. The third-order valence-electron chi connectivity index (χ3n) is 21.5. The van der Waals surface area contributed by atoms with E-state index in [0.717, 1.165) is 29.7 Å². The van der Waals surface area contributed by atoms with Gasteiger partial charge in [-0.3, -0.25) is 38.4 Å². The Morgan fingerprint density at radius 2 is 1.21 bits per heavy atom. The number of likely N-dealkylation sites (N-methyl/N-ethyl adjacent to an activating group) is 1. The highest BCUT2D eigenvalue weighted by Gasteiger charge is 2.49. The van der Waals surface area contributed by atoms with Gasteiger partial charge in [0.15, 0.2) is 18.0 Å². The van der Waals surface area contributed by atoms with Crippen LogP contribution in [0.3, 0.4) is 0 Å². The number of unbranched alkanes of at least 4 members (excludes halogenated alkanes) is 1. The van der Waals surface area contributed by atoms with Crippen molar-refractivity contribution in [2.75, 3.05) is 198 Å². The van der Waals surface area contributed by atoms with Gasteiger partial charge in [0, 0.05) is 95.2 Å². The SMILES string of the molecule is CC[C@H](C)[C@H](CC(=O)[C@H]1CCCC[N+]1(C)Cc1ccc(O[C@@H]2O[C@H](C(=O)O)[C@@H](O)[C@H](O)[C@H]2O)c(NC(=O)CCNC(=O)[C@@H](N)CCCCNC(=O)CCOCCOCCOCCOCCOCCOCCOCCOCCOCCOCCOCCOC)c1)C(=O)N(C)[C@H](C[C@@H](OC(C)=O)c1nc(C(=O)N[C@@H](Cc2ccccc2)C[C@H](C)C(=O)O)cs1)C(C)C. The highest BCUT2D eigenvalue weighted by molar-refractivity contribution is 7.09. The molecule has 3 aromatic rings. The van der Waals surface area contributed by atoms with E-state index in [0.29, 0.717) is 201 Å². The van der Waals surface area contributed by atoms with Crippen LogP contribution in [0.1, 0.15) is 151 Å². The lowest BCUT2D eigenvalue weighted by Crippen LogP contribution is -2.61. The molecule has 0 saturated carbocycles. The summed E-state index contributed by atoms with van der Waals surface area (Å²) < 4.78 is 82.9. The maximum Gasteiger partial charge on any atom is 0.335 e. The number of aromatic nitrogens is 1. The minimum Gasteiger partial charge on any atom is -0.481 e. The quantitative estimate of drug-likeness (QED) is 0.0212. The van der Waals surface area contributed by atoms with Crippen LogP contribution in [0.4, 0.5) is 5.69 Å². The summed E-state index contributed by atoms with van der Waals surface area (Å²) >= 11 is 1.12. The van der Waals surface area contributed by atoms with Gasteiger partial charge in [0.25, 0.3) is 5.91 Å². The predicted molar refractivity (Wildman–Crippen MR) is 458 cm³/mol. The van der Waals surface area contributed by atoms with Crippen molar-refractivity contribution >= 4 is 70.3 Å². The van der Waals surface area contributed by atoms with Gasteiger partial charge in [-0.25, -0.2) is 9.78 Å². The maximum atomic E-state index is 15.2. The number of thiazole rings is 1. The number of methoxy groups -OCH3 is 1. The van der Waals surface area contributed by atoms with E-state index in [1.807, 2.05) is 65.1 Å². The molecule has 2 fully saturated rings. The van der Waals surface area contributed by atoms with Gasteiger partial charge < -0.3 is 133 Å². The fourth-order valence-corrected chi connectivity index (χ4v) is 15.1. The number of likely N-dealkylation sites (tertiary alicyclic amines) is 1. The van der Waals surface area contributed by atoms with Crippen molar-refractivity contribution in [3.63, 3.8) is 0 Å². The van der Waals surface area contributed by atoms with E-state index in [-0.39, 0.29) is 109 Å². The first-order valence-corrected chi connectivity index (χ1v) is 44.4. The molecule has 5 rings (SSSR count). The lowest BCUT2D eigenvalue weighted by atomic mass is 9.82. The average molecular weight is 1800 g/mol. The van der Waals surface area contributed by atoms with Gasteiger partial charge in [-0.2, -0.15) is 0 Å². The summed E-state index contributed by atoms with van der Waals surface area (Å²) in [5.41, 5.74) is 7.82. The topological polar surface area (TPSA) is 484 Å². The van der Waals surface area contributed by atoms with Gasteiger partial charge in [0.05, 0.1) is 183 Å². The molecule has 14 atom stereocenters. The zero-order chi connectivity index (χ0) is 91.3. The molecule has 125 heavy (non-hydrogen) atoms. The molecule has 37 nitrogen and oxygen atoms in total. The molecule has 2 aromatic carbocycles. The molecule has 708 valence electrons. The van der Waals surface area contributed by atoms with Gasteiger partial charge in [-0.05, 0) is 80.5 Å². The molecule has 2 aliphatic heterocycles. The van der Waals surface area contributed by atoms with Gasteiger partial charge in [-0.1, -0.05) is 71.4 Å². The molecule has 0 aliphatic carbocycles. The predicted octanol–water partition coefficient (Wildman–Crippen LogP) is 4.44. The Kier molecular flexibility index (Phi) is 53.6. The second-order valence-electron chi connectivity index (χ2n) is 31.7. The van der Waals surface area contributed by atoms with Crippen LogP contribution >= 0.6 is 11.3 Å². The number of nitrogens with one attached hydrogen (secondary N) is 4. The fourth-order valence-electron chi connectivity index (χ4n) is 14.2. The van der Waals surface area contributed by atoms with Crippen LogP contribution in [0.25, 0.3) is 0 Å². The van der Waals surface area contributed by atoms with Crippen molar-refractivity contribution in [1.29, 1.82) is 0 Å². The number of hydrogen-bond acceptors (Lipinski definition) is 30. The highest BCUT2D eigenvalue weighted by Crippen LogP contribution is 2.37. The number of carbonyl (C=O) groups excluding carboxylic acids is 7. The molecule has 0 bridgehead atoms. The summed E-state index contributed by atoms with van der Waals surface area (Å²) in [6, 6.07) is 11.5. The zero-order valence-corrected chi connectivity index (χ0v) is 75.2. The van der Waals surface area contributed by atoms with Gasteiger partial charge >= 0.3 is 17.9 Å².